The van der Waals surface area contributed by atoms with Crippen molar-refractivity contribution < 1.29 is 4.79 Å². The second-order valence-corrected chi connectivity index (χ2v) is 7.13. The molecule has 0 atom stereocenters. The molecule has 1 N–H and O–H groups in total. The molecule has 0 unspecified atom stereocenters. The summed E-state index contributed by atoms with van der Waals surface area (Å²) in [4.78, 5) is 20.0. The van der Waals surface area contributed by atoms with E-state index < -0.39 is 0 Å². The molecule has 1 amide bonds. The van der Waals surface area contributed by atoms with Crippen molar-refractivity contribution in [2.24, 2.45) is 0 Å². The molecule has 23 heavy (non-hydrogen) atoms. The molecule has 1 aliphatic rings. The number of nitrogens with zero attached hydrogens (tertiary/aromatic N) is 2. The Morgan fingerprint density at radius 1 is 1.39 bits per heavy atom. The third-order valence-corrected chi connectivity index (χ3v) is 5.55. The number of thiazole rings is 1. The van der Waals surface area contributed by atoms with Gasteiger partial charge in [0.15, 0.2) is 0 Å². The smallest absolute Gasteiger partial charge is 0.255 e. The second-order valence-electron chi connectivity index (χ2n) is 5.79. The van der Waals surface area contributed by atoms with Crippen LogP contribution in [0.25, 0.3) is 0 Å². The predicted molar refractivity (Wildman–Crippen MR) is 94.1 cm³/mol. The molecule has 3 rings (SSSR count). The maximum absolute atomic E-state index is 12.5. The van der Waals surface area contributed by atoms with Crippen molar-refractivity contribution in [2.75, 3.05) is 13.1 Å². The third-order valence-electron chi connectivity index (χ3n) is 4.28. The summed E-state index contributed by atoms with van der Waals surface area (Å²) in [5.41, 5.74) is 3.59. The van der Waals surface area contributed by atoms with Crippen LogP contribution in [0.2, 0.25) is 5.02 Å². The standard InChI is InChI=1S/C17H20ClN3OS/c1-12-16(23-11-20-12)10-19-13-6-8-21(9-7-13)17(22)14-4-2-3-5-15(14)18/h2-5,11,13,19H,6-10H2,1H3. The van der Waals surface area contributed by atoms with Crippen LogP contribution in [0, 0.1) is 6.92 Å². The van der Waals surface area contributed by atoms with Gasteiger partial charge in [0, 0.05) is 30.6 Å². The van der Waals surface area contributed by atoms with Gasteiger partial charge in [-0.1, -0.05) is 23.7 Å². The molecule has 6 heteroatoms. The van der Waals surface area contributed by atoms with Crippen LogP contribution in [0.5, 0.6) is 0 Å². The number of nitrogens with one attached hydrogen (secondary N) is 1. The molecule has 0 saturated carbocycles. The summed E-state index contributed by atoms with van der Waals surface area (Å²) in [6.07, 6.45) is 1.93. The third kappa shape index (κ3) is 3.91. The average Bonchev–Trinajstić information content (AvgIpc) is 2.98. The first kappa shape index (κ1) is 16.4. The molecule has 1 aromatic carbocycles. The molecule has 1 aromatic heterocycles. The largest absolute Gasteiger partial charge is 0.338 e. The number of aryl methyl sites for hydroxylation is 1. The Hall–Kier alpha value is -1.43. The number of hydrogen-bond acceptors (Lipinski definition) is 4. The molecule has 0 spiro atoms. The Morgan fingerprint density at radius 3 is 2.78 bits per heavy atom. The van der Waals surface area contributed by atoms with Crippen molar-refractivity contribution in [3.8, 4) is 0 Å². The van der Waals surface area contributed by atoms with Crippen LogP contribution < -0.4 is 5.32 Å². The van der Waals surface area contributed by atoms with E-state index in [1.807, 2.05) is 29.5 Å². The lowest BCUT2D eigenvalue weighted by Crippen LogP contribution is -2.44. The van der Waals surface area contributed by atoms with Gasteiger partial charge in [-0.2, -0.15) is 0 Å². The van der Waals surface area contributed by atoms with Crippen LogP contribution >= 0.6 is 22.9 Å². The normalized spacial score (nSPS) is 15.8. The van der Waals surface area contributed by atoms with Gasteiger partial charge in [0.25, 0.3) is 5.91 Å². The van der Waals surface area contributed by atoms with Crippen LogP contribution in [0.4, 0.5) is 0 Å². The van der Waals surface area contributed by atoms with Gasteiger partial charge < -0.3 is 10.2 Å². The van der Waals surface area contributed by atoms with Crippen LogP contribution in [0.1, 0.15) is 33.8 Å². The van der Waals surface area contributed by atoms with Gasteiger partial charge in [0.05, 0.1) is 21.8 Å². The number of amides is 1. The highest BCUT2D eigenvalue weighted by Crippen LogP contribution is 2.20. The fourth-order valence-corrected chi connectivity index (χ4v) is 3.77. The zero-order valence-corrected chi connectivity index (χ0v) is 14.7. The van der Waals surface area contributed by atoms with Crippen LogP contribution in [-0.4, -0.2) is 34.9 Å². The number of likely N-dealkylation sites (tertiary alicyclic amines) is 1. The molecule has 1 fully saturated rings. The Labute approximate surface area is 145 Å². The lowest BCUT2D eigenvalue weighted by atomic mass is 10.0. The minimum atomic E-state index is 0.0346. The first-order valence-electron chi connectivity index (χ1n) is 7.81. The summed E-state index contributed by atoms with van der Waals surface area (Å²) >= 11 is 7.81. The van der Waals surface area contributed by atoms with Gasteiger partial charge in [-0.15, -0.1) is 11.3 Å². The summed E-state index contributed by atoms with van der Waals surface area (Å²) in [7, 11) is 0. The zero-order chi connectivity index (χ0) is 16.2. The van der Waals surface area contributed by atoms with E-state index >= 15 is 0 Å². The van der Waals surface area contributed by atoms with Gasteiger partial charge in [-0.05, 0) is 31.9 Å². The van der Waals surface area contributed by atoms with E-state index in [1.165, 1.54) is 4.88 Å². The van der Waals surface area contributed by atoms with E-state index in [2.05, 4.69) is 10.3 Å². The number of carbonyl (C=O) groups excluding carboxylic acids is 1. The Balaban J connectivity index is 1.51. The van der Waals surface area contributed by atoms with E-state index in [-0.39, 0.29) is 5.91 Å². The number of rotatable bonds is 4. The van der Waals surface area contributed by atoms with E-state index in [1.54, 1.807) is 23.5 Å². The number of aromatic nitrogens is 1. The van der Waals surface area contributed by atoms with Crippen LogP contribution in [-0.2, 0) is 6.54 Å². The molecule has 122 valence electrons. The van der Waals surface area contributed by atoms with Gasteiger partial charge in [-0.3, -0.25) is 4.79 Å². The quantitative estimate of drug-likeness (QED) is 0.918. The maximum atomic E-state index is 12.5. The summed E-state index contributed by atoms with van der Waals surface area (Å²) < 4.78 is 0. The molecule has 0 radical (unpaired) electrons. The molecular weight excluding hydrogens is 330 g/mol. The van der Waals surface area contributed by atoms with Gasteiger partial charge in [-0.25, -0.2) is 4.98 Å². The van der Waals surface area contributed by atoms with Crippen molar-refractivity contribution in [3.63, 3.8) is 0 Å². The van der Waals surface area contributed by atoms with Crippen molar-refractivity contribution >= 4 is 28.8 Å². The van der Waals surface area contributed by atoms with Gasteiger partial charge >= 0.3 is 0 Å². The Morgan fingerprint density at radius 2 is 2.13 bits per heavy atom. The van der Waals surface area contributed by atoms with Crippen molar-refractivity contribution in [1.29, 1.82) is 0 Å². The lowest BCUT2D eigenvalue weighted by Gasteiger charge is -2.32. The summed E-state index contributed by atoms with van der Waals surface area (Å²) in [6.45, 7) is 4.44. The average molecular weight is 350 g/mol. The minimum Gasteiger partial charge on any atom is -0.338 e. The summed E-state index contributed by atoms with van der Waals surface area (Å²) in [5.74, 6) is 0.0346. The number of piperidine rings is 1. The highest BCUT2D eigenvalue weighted by molar-refractivity contribution is 7.09. The van der Waals surface area contributed by atoms with Crippen molar-refractivity contribution in [1.82, 2.24) is 15.2 Å². The van der Waals surface area contributed by atoms with E-state index in [9.17, 15) is 4.79 Å². The first-order chi connectivity index (χ1) is 11.1. The molecule has 2 aromatic rings. The lowest BCUT2D eigenvalue weighted by molar-refractivity contribution is 0.0705. The zero-order valence-electron chi connectivity index (χ0n) is 13.1. The molecular formula is C17H20ClN3OS. The molecule has 4 nitrogen and oxygen atoms in total. The fourth-order valence-electron chi connectivity index (χ4n) is 2.82. The fraction of sp³-hybridized carbons (Fsp3) is 0.412. The highest BCUT2D eigenvalue weighted by atomic mass is 35.5. The first-order valence-corrected chi connectivity index (χ1v) is 9.07. The van der Waals surface area contributed by atoms with Crippen molar-refractivity contribution in [3.05, 3.63) is 50.9 Å². The minimum absolute atomic E-state index is 0.0346. The topological polar surface area (TPSA) is 45.2 Å². The van der Waals surface area contributed by atoms with Gasteiger partial charge in [0.2, 0.25) is 0 Å². The number of benzene rings is 1. The van der Waals surface area contributed by atoms with Gasteiger partial charge in [0.1, 0.15) is 0 Å². The molecule has 0 bridgehead atoms. The van der Waals surface area contributed by atoms with E-state index in [0.717, 1.165) is 38.2 Å². The number of carbonyl (C=O) groups is 1. The highest BCUT2D eigenvalue weighted by Gasteiger charge is 2.24. The van der Waals surface area contributed by atoms with E-state index in [0.29, 0.717) is 16.6 Å². The molecule has 1 saturated heterocycles. The summed E-state index contributed by atoms with van der Waals surface area (Å²) in [5, 5.41) is 4.11. The Kier molecular flexibility index (Phi) is 5.30. The van der Waals surface area contributed by atoms with E-state index in [4.69, 9.17) is 11.6 Å². The van der Waals surface area contributed by atoms with Crippen LogP contribution in [0.15, 0.2) is 29.8 Å². The van der Waals surface area contributed by atoms with Crippen molar-refractivity contribution in [2.45, 2.75) is 32.4 Å². The monoisotopic (exact) mass is 349 g/mol. The molecule has 0 aliphatic carbocycles. The van der Waals surface area contributed by atoms with Crippen LogP contribution in [0.3, 0.4) is 0 Å². The SMILES string of the molecule is Cc1ncsc1CNC1CCN(C(=O)c2ccccc2Cl)CC1. The molecule has 1 aliphatic heterocycles. The predicted octanol–water partition coefficient (Wildman–Crippen LogP) is 3.50. The maximum Gasteiger partial charge on any atom is 0.255 e. The second kappa shape index (κ2) is 7.43. The number of halogens is 1. The number of hydrogen-bond donors (Lipinski definition) is 1. The Bertz CT molecular complexity index is 680. The molecule has 2 heterocycles. The summed E-state index contributed by atoms with van der Waals surface area (Å²) in [6, 6.07) is 7.70.